The average Bonchev–Trinajstić information content (AvgIpc) is 2.60. The van der Waals surface area contributed by atoms with Gasteiger partial charge in [-0.05, 0) is 66.6 Å². The molecule has 0 aliphatic heterocycles. The molecule has 0 saturated carbocycles. The summed E-state index contributed by atoms with van der Waals surface area (Å²) < 4.78 is 41.3. The number of aryl methyl sites for hydroxylation is 1. The van der Waals surface area contributed by atoms with Gasteiger partial charge in [-0.25, -0.2) is 12.8 Å². The topological polar surface area (TPSA) is 37.4 Å². The molecule has 3 nitrogen and oxygen atoms in total. The lowest BCUT2D eigenvalue weighted by Crippen LogP contribution is -2.30. The smallest absolute Gasteiger partial charge is 0.262 e. The standard InChI is InChI=1S/C20H17ClFNO2S/c1-15-4-2-7-19(12-15)23(14-16-5-3-6-18(22)13-16)26(24,25)20-10-8-17(21)9-11-20/h2-13H,14H2,1H3. The highest BCUT2D eigenvalue weighted by Gasteiger charge is 2.25. The molecule has 3 rings (SSSR count). The van der Waals surface area contributed by atoms with Gasteiger partial charge < -0.3 is 0 Å². The maximum absolute atomic E-state index is 13.6. The van der Waals surface area contributed by atoms with E-state index >= 15 is 0 Å². The van der Waals surface area contributed by atoms with E-state index in [0.29, 0.717) is 16.3 Å². The summed E-state index contributed by atoms with van der Waals surface area (Å²) >= 11 is 5.88. The Morgan fingerprint density at radius 2 is 1.65 bits per heavy atom. The molecule has 0 spiro atoms. The molecule has 134 valence electrons. The van der Waals surface area contributed by atoms with E-state index in [1.165, 1.54) is 40.7 Å². The lowest BCUT2D eigenvalue weighted by molar-refractivity contribution is 0.589. The molecule has 0 radical (unpaired) electrons. The number of rotatable bonds is 5. The summed E-state index contributed by atoms with van der Waals surface area (Å²) in [6, 6.07) is 19.1. The molecule has 0 bridgehead atoms. The SMILES string of the molecule is Cc1cccc(N(Cc2cccc(F)c2)S(=O)(=O)c2ccc(Cl)cc2)c1. The number of nitrogens with zero attached hydrogens (tertiary/aromatic N) is 1. The largest absolute Gasteiger partial charge is 0.264 e. The molecular formula is C20H17ClFNO2S. The fraction of sp³-hybridized carbons (Fsp3) is 0.100. The molecule has 0 heterocycles. The molecule has 0 aliphatic carbocycles. The van der Waals surface area contributed by atoms with E-state index in [2.05, 4.69) is 0 Å². The number of anilines is 1. The van der Waals surface area contributed by atoms with Crippen molar-refractivity contribution in [2.24, 2.45) is 0 Å². The van der Waals surface area contributed by atoms with Gasteiger partial charge in [-0.1, -0.05) is 35.9 Å². The molecule has 0 unspecified atom stereocenters. The lowest BCUT2D eigenvalue weighted by atomic mass is 10.2. The summed E-state index contributed by atoms with van der Waals surface area (Å²) in [5.74, 6) is -0.407. The highest BCUT2D eigenvalue weighted by atomic mass is 35.5. The van der Waals surface area contributed by atoms with Crippen molar-refractivity contribution in [1.82, 2.24) is 0 Å². The molecule has 0 N–H and O–H groups in total. The summed E-state index contributed by atoms with van der Waals surface area (Å²) in [4.78, 5) is 0.125. The van der Waals surface area contributed by atoms with E-state index in [0.717, 1.165) is 5.56 Å². The van der Waals surface area contributed by atoms with Crippen LogP contribution < -0.4 is 4.31 Å². The van der Waals surface area contributed by atoms with Crippen molar-refractivity contribution >= 4 is 27.3 Å². The Balaban J connectivity index is 2.09. The Morgan fingerprint density at radius 3 is 2.31 bits per heavy atom. The first-order valence-electron chi connectivity index (χ1n) is 7.96. The third kappa shape index (κ3) is 4.06. The van der Waals surface area contributed by atoms with Gasteiger partial charge in [-0.3, -0.25) is 4.31 Å². The van der Waals surface area contributed by atoms with Gasteiger partial charge in [-0.2, -0.15) is 0 Å². The summed E-state index contributed by atoms with van der Waals surface area (Å²) in [6.07, 6.45) is 0. The van der Waals surface area contributed by atoms with Gasteiger partial charge in [0.2, 0.25) is 0 Å². The number of benzene rings is 3. The quantitative estimate of drug-likeness (QED) is 0.602. The number of hydrogen-bond acceptors (Lipinski definition) is 2. The first-order chi connectivity index (χ1) is 12.4. The first-order valence-corrected chi connectivity index (χ1v) is 9.77. The minimum Gasteiger partial charge on any atom is -0.262 e. The van der Waals surface area contributed by atoms with Crippen molar-refractivity contribution < 1.29 is 12.8 Å². The molecule has 0 saturated heterocycles. The van der Waals surface area contributed by atoms with E-state index in [1.54, 1.807) is 30.3 Å². The zero-order valence-electron chi connectivity index (χ0n) is 14.1. The van der Waals surface area contributed by atoms with Crippen LogP contribution in [0.2, 0.25) is 5.02 Å². The molecule has 26 heavy (non-hydrogen) atoms. The number of hydrogen-bond donors (Lipinski definition) is 0. The van der Waals surface area contributed by atoms with Crippen LogP contribution in [0.3, 0.4) is 0 Å². The molecular weight excluding hydrogens is 373 g/mol. The summed E-state index contributed by atoms with van der Waals surface area (Å²) in [5, 5.41) is 0.455. The molecule has 6 heteroatoms. The van der Waals surface area contributed by atoms with Crippen LogP contribution in [-0.2, 0) is 16.6 Å². The van der Waals surface area contributed by atoms with Gasteiger partial charge in [0.15, 0.2) is 0 Å². The highest BCUT2D eigenvalue weighted by molar-refractivity contribution is 7.92. The average molecular weight is 390 g/mol. The normalized spacial score (nSPS) is 11.3. The second-order valence-electron chi connectivity index (χ2n) is 5.93. The van der Waals surface area contributed by atoms with Crippen molar-refractivity contribution in [2.45, 2.75) is 18.4 Å². The first kappa shape index (κ1) is 18.4. The van der Waals surface area contributed by atoms with Gasteiger partial charge in [0, 0.05) is 5.02 Å². The fourth-order valence-corrected chi connectivity index (χ4v) is 4.20. The molecule has 0 aliphatic rings. The van der Waals surface area contributed by atoms with E-state index in [9.17, 15) is 12.8 Å². The third-order valence-corrected chi connectivity index (χ3v) is 5.95. The Hall–Kier alpha value is -2.37. The van der Waals surface area contributed by atoms with Crippen LogP contribution in [0.5, 0.6) is 0 Å². The molecule has 0 fully saturated rings. The molecule has 3 aromatic rings. The summed E-state index contributed by atoms with van der Waals surface area (Å²) in [5.41, 5.74) is 2.01. The van der Waals surface area contributed by atoms with Crippen LogP contribution in [0.4, 0.5) is 10.1 Å². The predicted octanol–water partition coefficient (Wildman–Crippen LogP) is 5.18. The molecule has 3 aromatic carbocycles. The van der Waals surface area contributed by atoms with Crippen molar-refractivity contribution in [3.63, 3.8) is 0 Å². The lowest BCUT2D eigenvalue weighted by Gasteiger charge is -2.25. The minimum atomic E-state index is -3.85. The maximum atomic E-state index is 13.6. The van der Waals surface area contributed by atoms with E-state index in [4.69, 9.17) is 11.6 Å². The zero-order chi connectivity index (χ0) is 18.7. The predicted molar refractivity (Wildman–Crippen MR) is 102 cm³/mol. The molecule has 0 amide bonds. The van der Waals surface area contributed by atoms with Gasteiger partial charge in [0.1, 0.15) is 5.82 Å². The second-order valence-corrected chi connectivity index (χ2v) is 8.23. The number of sulfonamides is 1. The van der Waals surface area contributed by atoms with Gasteiger partial charge in [0.25, 0.3) is 10.0 Å². The fourth-order valence-electron chi connectivity index (χ4n) is 2.63. The van der Waals surface area contributed by atoms with Gasteiger partial charge >= 0.3 is 0 Å². The Labute approximate surface area is 157 Å². The van der Waals surface area contributed by atoms with Crippen molar-refractivity contribution in [3.05, 3.63) is 94.8 Å². The van der Waals surface area contributed by atoms with Gasteiger partial charge in [0.05, 0.1) is 17.1 Å². The Kier molecular flexibility index (Phi) is 5.30. The number of halogens is 2. The van der Waals surface area contributed by atoms with E-state index < -0.39 is 15.8 Å². The molecule has 0 atom stereocenters. The zero-order valence-corrected chi connectivity index (χ0v) is 15.6. The Morgan fingerprint density at radius 1 is 0.962 bits per heavy atom. The van der Waals surface area contributed by atoms with Gasteiger partial charge in [-0.15, -0.1) is 0 Å². The summed E-state index contributed by atoms with van der Waals surface area (Å²) in [7, 11) is -3.85. The van der Waals surface area contributed by atoms with Crippen LogP contribution in [0.15, 0.2) is 77.7 Å². The van der Waals surface area contributed by atoms with Crippen LogP contribution in [0.25, 0.3) is 0 Å². The van der Waals surface area contributed by atoms with Crippen LogP contribution >= 0.6 is 11.6 Å². The van der Waals surface area contributed by atoms with Crippen LogP contribution in [0.1, 0.15) is 11.1 Å². The van der Waals surface area contributed by atoms with E-state index in [-0.39, 0.29) is 11.4 Å². The summed E-state index contributed by atoms with van der Waals surface area (Å²) in [6.45, 7) is 1.91. The Bertz CT molecular complexity index is 1020. The van der Waals surface area contributed by atoms with Crippen molar-refractivity contribution in [1.29, 1.82) is 0 Å². The second kappa shape index (κ2) is 7.48. The van der Waals surface area contributed by atoms with Crippen LogP contribution in [0, 0.1) is 12.7 Å². The minimum absolute atomic E-state index is 0.0200. The van der Waals surface area contributed by atoms with Crippen molar-refractivity contribution in [3.8, 4) is 0 Å². The van der Waals surface area contributed by atoms with Crippen LogP contribution in [-0.4, -0.2) is 8.42 Å². The highest BCUT2D eigenvalue weighted by Crippen LogP contribution is 2.27. The van der Waals surface area contributed by atoms with E-state index in [1.807, 2.05) is 13.0 Å². The maximum Gasteiger partial charge on any atom is 0.264 e. The third-order valence-electron chi connectivity index (χ3n) is 3.91. The molecule has 0 aromatic heterocycles. The van der Waals surface area contributed by atoms with Crippen molar-refractivity contribution in [2.75, 3.05) is 4.31 Å². The monoisotopic (exact) mass is 389 g/mol.